The molecule has 1 saturated heterocycles. The van der Waals surface area contributed by atoms with E-state index in [1.165, 1.54) is 18.4 Å². The van der Waals surface area contributed by atoms with Crippen molar-refractivity contribution in [2.24, 2.45) is 5.92 Å². The van der Waals surface area contributed by atoms with E-state index in [9.17, 15) is 4.79 Å². The van der Waals surface area contributed by atoms with E-state index in [1.807, 2.05) is 35.2 Å². The third-order valence-corrected chi connectivity index (χ3v) is 4.15. The molecule has 19 heavy (non-hydrogen) atoms. The third-order valence-electron chi connectivity index (χ3n) is 4.15. The molecule has 1 atom stereocenters. The Labute approximate surface area is 114 Å². The summed E-state index contributed by atoms with van der Waals surface area (Å²) in [6.45, 7) is 4.79. The second-order valence-corrected chi connectivity index (χ2v) is 5.35. The lowest BCUT2D eigenvalue weighted by atomic mass is 9.86. The first-order valence-corrected chi connectivity index (χ1v) is 7.02. The molecular weight excluding hydrogens is 234 g/mol. The Kier molecular flexibility index (Phi) is 3.24. The first kappa shape index (κ1) is 12.2. The number of hydrogen-bond acceptors (Lipinski definition) is 1. The molecule has 0 spiro atoms. The first-order chi connectivity index (χ1) is 9.27. The molecule has 1 aliphatic carbocycles. The fourth-order valence-corrected chi connectivity index (χ4v) is 3.05. The standard InChI is InChI=1S/C17H19NO/c1-13-16(14-8-4-2-5-9-14)12-18(17(13)19)15-10-6-3-7-11-15/h3,6-8,10-11,16H,1-2,4-5,9,12H2. The maximum atomic E-state index is 12.4. The van der Waals surface area contributed by atoms with Crippen LogP contribution in [-0.2, 0) is 4.79 Å². The lowest BCUT2D eigenvalue weighted by molar-refractivity contribution is -0.114. The molecule has 0 radical (unpaired) electrons. The lowest BCUT2D eigenvalue weighted by Crippen LogP contribution is -2.24. The second kappa shape index (κ2) is 5.04. The summed E-state index contributed by atoms with van der Waals surface area (Å²) in [6.07, 6.45) is 7.12. The molecule has 0 N–H and O–H groups in total. The van der Waals surface area contributed by atoms with Crippen molar-refractivity contribution in [1.82, 2.24) is 0 Å². The van der Waals surface area contributed by atoms with Gasteiger partial charge in [-0.25, -0.2) is 0 Å². The highest BCUT2D eigenvalue weighted by atomic mass is 16.2. The Morgan fingerprint density at radius 1 is 1.16 bits per heavy atom. The summed E-state index contributed by atoms with van der Waals surface area (Å²) in [5.41, 5.74) is 3.16. The summed E-state index contributed by atoms with van der Waals surface area (Å²) in [5, 5.41) is 0. The molecule has 0 aromatic heterocycles. The van der Waals surface area contributed by atoms with Crippen molar-refractivity contribution in [3.63, 3.8) is 0 Å². The average Bonchev–Trinajstić information content (AvgIpc) is 2.77. The van der Waals surface area contributed by atoms with Gasteiger partial charge in [0, 0.05) is 23.7 Å². The van der Waals surface area contributed by atoms with E-state index in [-0.39, 0.29) is 11.8 Å². The van der Waals surface area contributed by atoms with Crippen LogP contribution >= 0.6 is 0 Å². The zero-order valence-corrected chi connectivity index (χ0v) is 11.1. The molecule has 1 unspecified atom stereocenters. The molecule has 3 rings (SSSR count). The molecule has 2 aliphatic rings. The van der Waals surface area contributed by atoms with Crippen molar-refractivity contribution < 1.29 is 4.79 Å². The summed E-state index contributed by atoms with van der Waals surface area (Å²) in [4.78, 5) is 14.2. The molecule has 0 saturated carbocycles. The number of amides is 1. The molecule has 1 aliphatic heterocycles. The summed E-state index contributed by atoms with van der Waals surface area (Å²) < 4.78 is 0. The zero-order valence-electron chi connectivity index (χ0n) is 11.1. The van der Waals surface area contributed by atoms with Crippen LogP contribution < -0.4 is 4.90 Å². The highest BCUT2D eigenvalue weighted by Crippen LogP contribution is 2.36. The Bertz CT molecular complexity index is 529. The number of para-hydroxylation sites is 1. The van der Waals surface area contributed by atoms with Crippen LogP contribution in [0.15, 0.2) is 54.1 Å². The topological polar surface area (TPSA) is 20.3 Å². The van der Waals surface area contributed by atoms with E-state index in [0.717, 1.165) is 30.6 Å². The number of carbonyl (C=O) groups is 1. The van der Waals surface area contributed by atoms with Gasteiger partial charge in [0.05, 0.1) is 0 Å². The van der Waals surface area contributed by atoms with E-state index in [0.29, 0.717) is 0 Å². The minimum absolute atomic E-state index is 0.0858. The molecule has 1 heterocycles. The van der Waals surface area contributed by atoms with Crippen LogP contribution in [0, 0.1) is 5.92 Å². The van der Waals surface area contributed by atoms with E-state index >= 15 is 0 Å². The van der Waals surface area contributed by atoms with Gasteiger partial charge in [-0.1, -0.05) is 36.4 Å². The van der Waals surface area contributed by atoms with Crippen molar-refractivity contribution in [2.45, 2.75) is 25.7 Å². The summed E-state index contributed by atoms with van der Waals surface area (Å²) in [5.74, 6) is 0.315. The highest BCUT2D eigenvalue weighted by Gasteiger charge is 2.36. The Hall–Kier alpha value is -1.83. The molecule has 1 fully saturated rings. The first-order valence-electron chi connectivity index (χ1n) is 7.02. The van der Waals surface area contributed by atoms with E-state index in [4.69, 9.17) is 0 Å². The van der Waals surface area contributed by atoms with Gasteiger partial charge in [0.15, 0.2) is 0 Å². The van der Waals surface area contributed by atoms with Crippen LogP contribution in [-0.4, -0.2) is 12.5 Å². The van der Waals surface area contributed by atoms with Gasteiger partial charge in [-0.2, -0.15) is 0 Å². The van der Waals surface area contributed by atoms with Gasteiger partial charge in [0.1, 0.15) is 0 Å². The van der Waals surface area contributed by atoms with Gasteiger partial charge >= 0.3 is 0 Å². The highest BCUT2D eigenvalue weighted by molar-refractivity contribution is 6.08. The molecule has 1 amide bonds. The van der Waals surface area contributed by atoms with Crippen molar-refractivity contribution in [2.75, 3.05) is 11.4 Å². The van der Waals surface area contributed by atoms with Crippen LogP contribution in [0.2, 0.25) is 0 Å². The van der Waals surface area contributed by atoms with Crippen LogP contribution in [0.5, 0.6) is 0 Å². The quantitative estimate of drug-likeness (QED) is 0.581. The number of nitrogens with zero attached hydrogens (tertiary/aromatic N) is 1. The SMILES string of the molecule is C=C1C(=O)N(c2ccccc2)CC1C1=CCCCC1. The van der Waals surface area contributed by atoms with Crippen LogP contribution in [0.3, 0.4) is 0 Å². The van der Waals surface area contributed by atoms with Gasteiger partial charge in [0.25, 0.3) is 5.91 Å². The Morgan fingerprint density at radius 3 is 2.63 bits per heavy atom. The number of benzene rings is 1. The fourth-order valence-electron chi connectivity index (χ4n) is 3.05. The Balaban J connectivity index is 1.85. The normalized spacial score (nSPS) is 23.7. The molecular formula is C17H19NO. The molecule has 0 bridgehead atoms. The fraction of sp³-hybridized carbons (Fsp3) is 0.353. The van der Waals surface area contributed by atoms with Crippen LogP contribution in [0.1, 0.15) is 25.7 Å². The third kappa shape index (κ3) is 2.23. The smallest absolute Gasteiger partial charge is 0.254 e. The number of allylic oxidation sites excluding steroid dienone is 1. The van der Waals surface area contributed by atoms with Gasteiger partial charge in [0.2, 0.25) is 0 Å². The predicted octanol–water partition coefficient (Wildman–Crippen LogP) is 3.71. The monoisotopic (exact) mass is 253 g/mol. The number of anilines is 1. The van der Waals surface area contributed by atoms with E-state index < -0.39 is 0 Å². The van der Waals surface area contributed by atoms with Crippen molar-refractivity contribution in [3.8, 4) is 0 Å². The zero-order chi connectivity index (χ0) is 13.2. The Morgan fingerprint density at radius 2 is 1.95 bits per heavy atom. The molecule has 1 aromatic rings. The number of hydrogen-bond donors (Lipinski definition) is 0. The number of rotatable bonds is 2. The molecule has 2 nitrogen and oxygen atoms in total. The summed E-state index contributed by atoms with van der Waals surface area (Å²) in [6, 6.07) is 9.89. The summed E-state index contributed by atoms with van der Waals surface area (Å²) in [7, 11) is 0. The molecule has 98 valence electrons. The van der Waals surface area contributed by atoms with Crippen molar-refractivity contribution in [1.29, 1.82) is 0 Å². The predicted molar refractivity (Wildman–Crippen MR) is 78.0 cm³/mol. The second-order valence-electron chi connectivity index (χ2n) is 5.35. The van der Waals surface area contributed by atoms with Crippen molar-refractivity contribution in [3.05, 3.63) is 54.1 Å². The van der Waals surface area contributed by atoms with Gasteiger partial charge in [-0.15, -0.1) is 0 Å². The maximum Gasteiger partial charge on any atom is 0.254 e. The minimum Gasteiger partial charge on any atom is -0.308 e. The summed E-state index contributed by atoms with van der Waals surface area (Å²) >= 11 is 0. The molecule has 1 aromatic carbocycles. The minimum atomic E-state index is 0.0858. The van der Waals surface area contributed by atoms with Gasteiger partial charge < -0.3 is 4.90 Å². The van der Waals surface area contributed by atoms with Crippen LogP contribution in [0.4, 0.5) is 5.69 Å². The number of carbonyl (C=O) groups excluding carboxylic acids is 1. The van der Waals surface area contributed by atoms with E-state index in [1.54, 1.807) is 0 Å². The van der Waals surface area contributed by atoms with Gasteiger partial charge in [-0.3, -0.25) is 4.79 Å². The molecule has 2 heteroatoms. The van der Waals surface area contributed by atoms with E-state index in [2.05, 4.69) is 12.7 Å². The van der Waals surface area contributed by atoms with Crippen LogP contribution in [0.25, 0.3) is 0 Å². The lowest BCUT2D eigenvalue weighted by Gasteiger charge is -2.20. The maximum absolute atomic E-state index is 12.4. The van der Waals surface area contributed by atoms with Gasteiger partial charge in [-0.05, 0) is 37.8 Å². The van der Waals surface area contributed by atoms with Crippen molar-refractivity contribution >= 4 is 11.6 Å². The average molecular weight is 253 g/mol. The largest absolute Gasteiger partial charge is 0.308 e.